The first-order valence-corrected chi connectivity index (χ1v) is 9.80. The molecule has 0 heterocycles. The number of rotatable bonds is 17. The molecule has 5 heteroatoms. The first-order chi connectivity index (χ1) is 11.7. The summed E-state index contributed by atoms with van der Waals surface area (Å²) in [6.45, 7) is 1.98. The van der Waals surface area contributed by atoms with Gasteiger partial charge in [-0.2, -0.15) is 0 Å². The Balaban J connectivity index is 0. The first kappa shape index (κ1) is 27.5. The van der Waals surface area contributed by atoms with Crippen LogP contribution in [-0.2, 0) is 9.59 Å². The van der Waals surface area contributed by atoms with E-state index in [1.807, 2.05) is 0 Å². The van der Waals surface area contributed by atoms with Gasteiger partial charge in [0.25, 0.3) is 0 Å². The number of nitrogens with one attached hydrogen (secondary N) is 1. The molecule has 2 N–H and O–H groups in total. The van der Waals surface area contributed by atoms with Crippen molar-refractivity contribution in [2.75, 3.05) is 6.54 Å². The van der Waals surface area contributed by atoms with Crippen LogP contribution >= 0.6 is 0 Å². The third-order valence-corrected chi connectivity index (χ3v) is 4.10. The van der Waals surface area contributed by atoms with Gasteiger partial charge in [-0.1, -0.05) is 70.4 Å². The van der Waals surface area contributed by atoms with Crippen LogP contribution in [0.3, 0.4) is 0 Å². The molecule has 0 aliphatic carbocycles. The molecule has 0 atom stereocenters. The van der Waals surface area contributed by atoms with Crippen LogP contribution in [0.25, 0.3) is 0 Å². The van der Waals surface area contributed by atoms with Crippen LogP contribution in [0.15, 0.2) is 12.2 Å². The zero-order chi connectivity index (χ0) is 17.9. The number of carboxylic acid groups (broad SMARTS) is 1. The Bertz CT molecular complexity index is 346. The molecular weight excluding hydrogens is 341 g/mol. The Labute approximate surface area is 197 Å². The number of carbonyl (C=O) groups is 2. The first-order valence-electron chi connectivity index (χ1n) is 9.80. The summed E-state index contributed by atoms with van der Waals surface area (Å²) in [5.74, 6) is -1.15. The number of unbranched alkanes of at least 4 members (excludes halogenated alkanes) is 11. The van der Waals surface area contributed by atoms with Crippen LogP contribution in [0.2, 0.25) is 0 Å². The van der Waals surface area contributed by atoms with E-state index in [1.54, 1.807) is 0 Å². The SMILES string of the molecule is CCCCCCCC/C=C\CCCCCCCC(=O)NCC(=O)O.[KH]. The topological polar surface area (TPSA) is 66.4 Å². The average Bonchev–Trinajstić information content (AvgIpc) is 2.56. The molecule has 4 nitrogen and oxygen atoms in total. The van der Waals surface area contributed by atoms with E-state index in [1.165, 1.54) is 57.8 Å². The molecule has 1 amide bonds. The normalized spacial score (nSPS) is 10.6. The molecular formula is C20H38KNO3. The van der Waals surface area contributed by atoms with Crippen molar-refractivity contribution in [2.24, 2.45) is 0 Å². The van der Waals surface area contributed by atoms with Crippen molar-refractivity contribution < 1.29 is 14.7 Å². The van der Waals surface area contributed by atoms with Gasteiger partial charge in [0.2, 0.25) is 5.91 Å². The molecule has 0 aromatic rings. The second-order valence-corrected chi connectivity index (χ2v) is 6.50. The zero-order valence-electron chi connectivity index (χ0n) is 15.5. The third kappa shape index (κ3) is 24.3. The van der Waals surface area contributed by atoms with Gasteiger partial charge in [0, 0.05) is 6.42 Å². The van der Waals surface area contributed by atoms with Crippen molar-refractivity contribution in [1.82, 2.24) is 5.32 Å². The fourth-order valence-electron chi connectivity index (χ4n) is 2.62. The van der Waals surface area contributed by atoms with E-state index >= 15 is 0 Å². The van der Waals surface area contributed by atoms with E-state index in [-0.39, 0.29) is 63.8 Å². The zero-order valence-corrected chi connectivity index (χ0v) is 15.5. The van der Waals surface area contributed by atoms with Crippen molar-refractivity contribution >= 4 is 63.3 Å². The minimum absolute atomic E-state index is 0. The second kappa shape index (κ2) is 22.4. The summed E-state index contributed by atoms with van der Waals surface area (Å²) in [6, 6.07) is 0. The Kier molecular flexibility index (Phi) is 24.6. The number of hydrogen-bond donors (Lipinski definition) is 2. The minimum atomic E-state index is -0.993. The van der Waals surface area contributed by atoms with Gasteiger partial charge in [-0.15, -0.1) is 0 Å². The molecule has 0 saturated carbocycles. The van der Waals surface area contributed by atoms with Gasteiger partial charge in [-0.05, 0) is 32.1 Å². The summed E-state index contributed by atoms with van der Waals surface area (Å²) in [5, 5.41) is 10.8. The molecule has 142 valence electrons. The van der Waals surface area contributed by atoms with Crippen molar-refractivity contribution in [1.29, 1.82) is 0 Å². The van der Waals surface area contributed by atoms with E-state index in [0.29, 0.717) is 6.42 Å². The second-order valence-electron chi connectivity index (χ2n) is 6.50. The maximum atomic E-state index is 11.3. The summed E-state index contributed by atoms with van der Waals surface area (Å²) in [6.07, 6.45) is 21.1. The summed E-state index contributed by atoms with van der Waals surface area (Å²) in [7, 11) is 0. The van der Waals surface area contributed by atoms with Gasteiger partial charge in [0.1, 0.15) is 6.54 Å². The quantitative estimate of drug-likeness (QED) is 0.221. The van der Waals surface area contributed by atoms with E-state index in [2.05, 4.69) is 24.4 Å². The average molecular weight is 380 g/mol. The maximum absolute atomic E-state index is 11.3. The van der Waals surface area contributed by atoms with Crippen molar-refractivity contribution in [3.8, 4) is 0 Å². The molecule has 0 aromatic carbocycles. The fraction of sp³-hybridized carbons (Fsp3) is 0.800. The molecule has 0 fully saturated rings. The van der Waals surface area contributed by atoms with Gasteiger partial charge in [0.05, 0.1) is 0 Å². The summed E-state index contributed by atoms with van der Waals surface area (Å²) >= 11 is 0. The summed E-state index contributed by atoms with van der Waals surface area (Å²) in [5.41, 5.74) is 0. The molecule has 0 aliphatic rings. The van der Waals surface area contributed by atoms with E-state index in [9.17, 15) is 9.59 Å². The molecule has 0 spiro atoms. The molecule has 0 rings (SSSR count). The molecule has 0 unspecified atom stereocenters. The van der Waals surface area contributed by atoms with Gasteiger partial charge >= 0.3 is 57.4 Å². The van der Waals surface area contributed by atoms with E-state index < -0.39 is 5.97 Å². The number of carboxylic acids is 1. The van der Waals surface area contributed by atoms with Gasteiger partial charge in [-0.3, -0.25) is 9.59 Å². The van der Waals surface area contributed by atoms with Crippen LogP contribution in [0, 0.1) is 0 Å². The number of amides is 1. The Hall–Kier alpha value is 0.316. The number of aliphatic carboxylic acids is 1. The third-order valence-electron chi connectivity index (χ3n) is 4.10. The predicted octanol–water partition coefficient (Wildman–Crippen LogP) is 4.58. The number of allylic oxidation sites excluding steroid dienone is 2. The van der Waals surface area contributed by atoms with E-state index in [4.69, 9.17) is 5.11 Å². The van der Waals surface area contributed by atoms with Crippen molar-refractivity contribution in [3.63, 3.8) is 0 Å². The van der Waals surface area contributed by atoms with Crippen LogP contribution < -0.4 is 5.32 Å². The Morgan fingerprint density at radius 3 is 1.80 bits per heavy atom. The summed E-state index contributed by atoms with van der Waals surface area (Å²) < 4.78 is 0. The number of carbonyl (C=O) groups excluding carboxylic acids is 1. The van der Waals surface area contributed by atoms with Gasteiger partial charge in [-0.25, -0.2) is 0 Å². The Morgan fingerprint density at radius 1 is 0.800 bits per heavy atom. The van der Waals surface area contributed by atoms with Crippen molar-refractivity contribution in [3.05, 3.63) is 12.2 Å². The predicted molar refractivity (Wildman–Crippen MR) is 107 cm³/mol. The van der Waals surface area contributed by atoms with Gasteiger partial charge < -0.3 is 10.4 Å². The van der Waals surface area contributed by atoms with Gasteiger partial charge in [0.15, 0.2) is 0 Å². The summed E-state index contributed by atoms with van der Waals surface area (Å²) in [4.78, 5) is 21.6. The molecule has 0 aliphatic heterocycles. The number of hydrogen-bond acceptors (Lipinski definition) is 2. The van der Waals surface area contributed by atoms with Crippen LogP contribution in [0.4, 0.5) is 0 Å². The molecule has 0 saturated heterocycles. The Morgan fingerprint density at radius 2 is 1.28 bits per heavy atom. The van der Waals surface area contributed by atoms with Crippen LogP contribution in [0.5, 0.6) is 0 Å². The van der Waals surface area contributed by atoms with Crippen molar-refractivity contribution in [2.45, 2.75) is 96.8 Å². The van der Waals surface area contributed by atoms with Crippen LogP contribution in [0.1, 0.15) is 96.8 Å². The van der Waals surface area contributed by atoms with E-state index in [0.717, 1.165) is 25.7 Å². The standard InChI is InChI=1S/C20H37NO3.K.H/c1-2-3-4-5-6-7-8-9-10-11-12-13-14-15-16-17-19(22)21-18-20(23)24;;/h9-10H,2-8,11-18H2,1H3,(H,21,22)(H,23,24);;/b10-9-;;. The van der Waals surface area contributed by atoms with Crippen LogP contribution in [-0.4, -0.2) is 74.9 Å². The molecule has 0 radical (unpaired) electrons. The molecule has 0 aromatic heterocycles. The monoisotopic (exact) mass is 379 g/mol. The molecule has 0 bridgehead atoms. The molecule has 25 heavy (non-hydrogen) atoms. The fourth-order valence-corrected chi connectivity index (χ4v) is 2.62.